The van der Waals surface area contributed by atoms with Crippen molar-refractivity contribution < 1.29 is 43.4 Å². The van der Waals surface area contributed by atoms with E-state index >= 15 is 0 Å². The first-order valence-electron chi connectivity index (χ1n) is 18.8. The minimum atomic E-state index is -1.26. The average molecular weight is 752 g/mol. The molecule has 0 radical (unpaired) electrons. The number of aliphatic carboxylic acids is 1. The Morgan fingerprint density at radius 2 is 1.30 bits per heavy atom. The highest BCUT2D eigenvalue weighted by Crippen LogP contribution is 2.29. The normalized spacial score (nSPS) is 16.1. The van der Waals surface area contributed by atoms with Crippen LogP contribution in [-0.4, -0.2) is 95.8 Å². The number of benzene rings is 2. The van der Waals surface area contributed by atoms with Crippen LogP contribution in [0.5, 0.6) is 0 Å². The van der Waals surface area contributed by atoms with Gasteiger partial charge in [-0.25, -0.2) is 4.79 Å². The van der Waals surface area contributed by atoms with Crippen LogP contribution in [0.25, 0.3) is 0 Å². The third kappa shape index (κ3) is 17.5. The number of Topliss-reactive ketones (excluding diaryl/α,β-unsaturated/α-hetero) is 1. The summed E-state index contributed by atoms with van der Waals surface area (Å²) in [7, 11) is 0. The molecule has 1 heterocycles. The summed E-state index contributed by atoms with van der Waals surface area (Å²) in [5, 5.41) is 18.2. The number of hydrogen-bond acceptors (Lipinski definition) is 8. The molecule has 2 aromatic carbocycles. The number of carbonyl (C=O) groups excluding carboxylic acids is 6. The van der Waals surface area contributed by atoms with E-state index in [1.165, 1.54) is 4.90 Å². The molecule has 3 atom stereocenters. The Kier molecular flexibility index (Phi) is 21.3. The lowest BCUT2D eigenvalue weighted by molar-refractivity contribution is -0.143. The molecule has 54 heavy (non-hydrogen) atoms. The van der Waals surface area contributed by atoms with E-state index in [1.807, 2.05) is 86.6 Å². The monoisotopic (exact) mass is 751 g/mol. The van der Waals surface area contributed by atoms with Gasteiger partial charge in [0.2, 0.25) is 23.5 Å². The van der Waals surface area contributed by atoms with E-state index in [0.717, 1.165) is 32.1 Å². The van der Waals surface area contributed by atoms with Gasteiger partial charge in [0.25, 0.3) is 5.91 Å². The predicted octanol–water partition coefficient (Wildman–Crippen LogP) is 3.85. The fourth-order valence-corrected chi connectivity index (χ4v) is 5.98. The molecule has 2 aliphatic rings. The van der Waals surface area contributed by atoms with Crippen LogP contribution in [0.1, 0.15) is 78.6 Å². The number of hydrogen-bond donors (Lipinski definition) is 5. The van der Waals surface area contributed by atoms with Crippen LogP contribution in [0.2, 0.25) is 0 Å². The molecule has 0 bridgehead atoms. The minimum absolute atomic E-state index is 0.0898. The molecule has 5 amide bonds. The first-order valence-corrected chi connectivity index (χ1v) is 18.8. The van der Waals surface area contributed by atoms with Crippen molar-refractivity contribution in [2.75, 3.05) is 26.2 Å². The Bertz CT molecular complexity index is 1370. The Hall–Kier alpha value is -5.27. The number of amides is 5. The highest BCUT2D eigenvalue weighted by atomic mass is 16.5. The fraction of sp³-hybridized carbons (Fsp3) is 0.525. The van der Waals surface area contributed by atoms with Crippen LogP contribution in [-0.2, 0) is 33.5 Å². The van der Waals surface area contributed by atoms with Crippen LogP contribution in [0, 0.1) is 11.8 Å². The lowest BCUT2D eigenvalue weighted by atomic mass is 9.83. The van der Waals surface area contributed by atoms with E-state index < -0.39 is 66.8 Å². The number of nitrogens with zero attached hydrogens (tertiary/aromatic N) is 1. The van der Waals surface area contributed by atoms with Crippen LogP contribution >= 0.6 is 0 Å². The van der Waals surface area contributed by atoms with Crippen molar-refractivity contribution >= 4 is 41.5 Å². The highest BCUT2D eigenvalue weighted by molar-refractivity contribution is 6.38. The zero-order chi connectivity index (χ0) is 39.7. The molecule has 1 aliphatic carbocycles. The Labute approximate surface area is 318 Å². The molecule has 0 spiro atoms. The molecule has 1 saturated heterocycles. The Morgan fingerprint density at radius 1 is 0.741 bits per heavy atom. The Morgan fingerprint density at radius 3 is 1.80 bits per heavy atom. The van der Waals surface area contributed by atoms with E-state index in [0.29, 0.717) is 25.8 Å². The number of rotatable bonds is 15. The van der Waals surface area contributed by atoms with E-state index in [1.54, 1.807) is 6.92 Å². The molecular weight excluding hydrogens is 694 g/mol. The average Bonchev–Trinajstić information content (AvgIpc) is 3.69. The molecule has 296 valence electrons. The SMILES string of the molecule is CCCC(NC(=O)[C@@H]1CCCN1C(=O)[C@@H](NC(=O)OCC(C)C)C1CCCCC1)C(=O)C(=O)NCC(=O)NCC(=O)O.c1ccccc1.c1ccccc1. The van der Waals surface area contributed by atoms with Gasteiger partial charge in [0.05, 0.1) is 19.2 Å². The summed E-state index contributed by atoms with van der Waals surface area (Å²) < 4.78 is 5.27. The Balaban J connectivity index is 0.000000703. The van der Waals surface area contributed by atoms with Gasteiger partial charge in [-0.1, -0.05) is 119 Å². The van der Waals surface area contributed by atoms with Crippen molar-refractivity contribution in [2.45, 2.75) is 96.7 Å². The summed E-state index contributed by atoms with van der Waals surface area (Å²) in [5.41, 5.74) is 0. The van der Waals surface area contributed by atoms with Crippen LogP contribution in [0.4, 0.5) is 4.79 Å². The van der Waals surface area contributed by atoms with Crippen molar-refractivity contribution in [3.8, 4) is 0 Å². The van der Waals surface area contributed by atoms with Gasteiger partial charge in [0.1, 0.15) is 18.6 Å². The summed E-state index contributed by atoms with van der Waals surface area (Å²) in [6.07, 6.45) is 5.30. The summed E-state index contributed by atoms with van der Waals surface area (Å²) in [5.74, 6) is -5.02. The third-order valence-electron chi connectivity index (χ3n) is 8.66. The second kappa shape index (κ2) is 25.7. The zero-order valence-corrected chi connectivity index (χ0v) is 31.7. The number of ketones is 1. The zero-order valence-electron chi connectivity index (χ0n) is 31.7. The van der Waals surface area contributed by atoms with Gasteiger partial charge < -0.3 is 36.0 Å². The summed E-state index contributed by atoms with van der Waals surface area (Å²) in [6, 6.07) is 21.1. The number of carboxylic acids is 1. The van der Waals surface area contributed by atoms with Gasteiger partial charge in [0.15, 0.2) is 0 Å². The van der Waals surface area contributed by atoms with E-state index in [4.69, 9.17) is 9.84 Å². The number of nitrogens with one attached hydrogen (secondary N) is 4. The van der Waals surface area contributed by atoms with Gasteiger partial charge in [-0.15, -0.1) is 0 Å². The van der Waals surface area contributed by atoms with Crippen LogP contribution < -0.4 is 21.3 Å². The van der Waals surface area contributed by atoms with Crippen molar-refractivity contribution in [1.82, 2.24) is 26.2 Å². The second-order valence-corrected chi connectivity index (χ2v) is 13.6. The minimum Gasteiger partial charge on any atom is -0.480 e. The lowest BCUT2D eigenvalue weighted by Crippen LogP contribution is -2.58. The quantitative estimate of drug-likeness (QED) is 0.168. The van der Waals surface area contributed by atoms with Crippen LogP contribution in [0.3, 0.4) is 0 Å². The second-order valence-electron chi connectivity index (χ2n) is 13.6. The van der Waals surface area contributed by atoms with Crippen molar-refractivity contribution in [1.29, 1.82) is 0 Å². The maximum atomic E-state index is 13.8. The van der Waals surface area contributed by atoms with Crippen molar-refractivity contribution in [2.24, 2.45) is 11.8 Å². The smallest absolute Gasteiger partial charge is 0.407 e. The summed E-state index contributed by atoms with van der Waals surface area (Å²) in [6.45, 7) is 4.86. The maximum absolute atomic E-state index is 13.8. The van der Waals surface area contributed by atoms with Gasteiger partial charge in [-0.2, -0.15) is 0 Å². The number of alkyl carbamates (subject to hydrolysis) is 1. The van der Waals surface area contributed by atoms with Gasteiger partial charge >= 0.3 is 12.1 Å². The van der Waals surface area contributed by atoms with E-state index in [-0.39, 0.29) is 30.8 Å². The van der Waals surface area contributed by atoms with Crippen molar-refractivity contribution in [3.05, 3.63) is 72.8 Å². The molecule has 2 fully saturated rings. The van der Waals surface area contributed by atoms with E-state index in [2.05, 4.69) is 21.3 Å². The first kappa shape index (κ1) is 44.9. The molecule has 5 N–H and O–H groups in total. The third-order valence-corrected chi connectivity index (χ3v) is 8.66. The molecule has 2 aromatic rings. The molecule has 0 aromatic heterocycles. The van der Waals surface area contributed by atoms with Gasteiger partial charge in [-0.05, 0) is 43.9 Å². The molecule has 14 heteroatoms. The molecule has 1 unspecified atom stereocenters. The molecule has 1 saturated carbocycles. The molecule has 4 rings (SSSR count). The standard InChI is InChI=1S/C28H45N5O9.2C6H6/c1-4-9-19(24(37)26(39)30-14-21(34)29-15-22(35)36)31-25(38)20-12-8-13-33(20)27(40)23(18-10-6-5-7-11-18)32-28(41)42-16-17(2)3;2*1-2-4-6-5-3-1/h17-20,23H,4-16H2,1-3H3,(H,29,34)(H,30,39)(H,31,38)(H,32,41)(H,35,36);2*1-6H/t19?,20-,23-;;/m0../s1. The van der Waals surface area contributed by atoms with Crippen LogP contribution in [0.15, 0.2) is 72.8 Å². The highest BCUT2D eigenvalue weighted by Gasteiger charge is 2.42. The number of carbonyl (C=O) groups is 7. The molecule has 14 nitrogen and oxygen atoms in total. The summed E-state index contributed by atoms with van der Waals surface area (Å²) in [4.78, 5) is 88.6. The topological polar surface area (TPSA) is 200 Å². The van der Waals surface area contributed by atoms with Gasteiger partial charge in [0, 0.05) is 6.54 Å². The number of ether oxygens (including phenoxy) is 1. The molecule has 1 aliphatic heterocycles. The van der Waals surface area contributed by atoms with Gasteiger partial charge in [-0.3, -0.25) is 28.8 Å². The first-order chi connectivity index (χ1) is 25.9. The van der Waals surface area contributed by atoms with Crippen molar-refractivity contribution in [3.63, 3.8) is 0 Å². The lowest BCUT2D eigenvalue weighted by Gasteiger charge is -2.34. The number of likely N-dealkylation sites (tertiary alicyclic amines) is 1. The largest absolute Gasteiger partial charge is 0.480 e. The number of carboxylic acid groups (broad SMARTS) is 1. The maximum Gasteiger partial charge on any atom is 0.407 e. The molecular formula is C40H57N5O9. The van der Waals surface area contributed by atoms with E-state index in [9.17, 15) is 33.6 Å². The summed E-state index contributed by atoms with van der Waals surface area (Å²) >= 11 is 0. The fourth-order valence-electron chi connectivity index (χ4n) is 5.98. The predicted molar refractivity (Wildman–Crippen MR) is 203 cm³/mol.